The quantitative estimate of drug-likeness (QED) is 0.706. The molecule has 8 heteroatoms. The van der Waals surface area contributed by atoms with Gasteiger partial charge in [-0.25, -0.2) is 4.98 Å². The van der Waals surface area contributed by atoms with E-state index >= 15 is 0 Å². The van der Waals surface area contributed by atoms with Crippen molar-refractivity contribution in [2.24, 2.45) is 0 Å². The van der Waals surface area contributed by atoms with Crippen LogP contribution in [-0.4, -0.2) is 16.6 Å². The first-order valence-corrected chi connectivity index (χ1v) is 7.10. The molecule has 0 saturated carbocycles. The third-order valence-corrected chi connectivity index (χ3v) is 3.62. The van der Waals surface area contributed by atoms with Crippen molar-refractivity contribution >= 4 is 44.7 Å². The van der Waals surface area contributed by atoms with Gasteiger partial charge < -0.3 is 10.1 Å². The molecule has 0 atom stereocenters. The van der Waals surface area contributed by atoms with E-state index in [0.717, 1.165) is 10.2 Å². The molecule has 3 aromatic rings. The number of nitrogens with one attached hydrogen (secondary N) is 1. The molecule has 2 heterocycles. The van der Waals surface area contributed by atoms with Gasteiger partial charge in [-0.1, -0.05) is 0 Å². The lowest BCUT2D eigenvalue weighted by Gasteiger charge is -2.08. The average molecular weight is 328 g/mol. The van der Waals surface area contributed by atoms with Crippen molar-refractivity contribution in [1.82, 2.24) is 9.97 Å². The fourth-order valence-corrected chi connectivity index (χ4v) is 2.76. The molecule has 0 aliphatic heterocycles. The van der Waals surface area contributed by atoms with Gasteiger partial charge in [0.25, 0.3) is 0 Å². The molecule has 0 unspecified atom stereocenters. The van der Waals surface area contributed by atoms with Crippen LogP contribution in [0.2, 0.25) is 5.28 Å². The Kier molecular flexibility index (Phi) is 3.85. The van der Waals surface area contributed by atoms with Crippen LogP contribution in [0.4, 0.5) is 20.3 Å². The third kappa shape index (κ3) is 3.20. The van der Waals surface area contributed by atoms with Crippen LogP contribution in [0, 0.1) is 0 Å². The highest BCUT2D eigenvalue weighted by Crippen LogP contribution is 2.29. The van der Waals surface area contributed by atoms with Gasteiger partial charge in [0.1, 0.15) is 16.4 Å². The number of rotatable bonds is 4. The number of alkyl halides is 2. The predicted molar refractivity (Wildman–Crippen MR) is 78.8 cm³/mol. The number of thiophene rings is 1. The number of hydrogen-bond donors (Lipinski definition) is 1. The summed E-state index contributed by atoms with van der Waals surface area (Å²) in [7, 11) is 0. The summed E-state index contributed by atoms with van der Waals surface area (Å²) in [5.74, 6) is 0.658. The van der Waals surface area contributed by atoms with E-state index in [4.69, 9.17) is 11.6 Å². The second kappa shape index (κ2) is 5.79. The number of nitrogens with zero attached hydrogens (tertiary/aromatic N) is 2. The van der Waals surface area contributed by atoms with E-state index in [-0.39, 0.29) is 11.0 Å². The minimum absolute atomic E-state index is 0.0944. The molecule has 1 N–H and O–H groups in total. The van der Waals surface area contributed by atoms with E-state index in [0.29, 0.717) is 11.5 Å². The second-order valence-corrected chi connectivity index (χ2v) is 5.24. The average Bonchev–Trinajstić information content (AvgIpc) is 2.88. The number of ether oxygens (including phenoxy) is 1. The van der Waals surface area contributed by atoms with Gasteiger partial charge in [0, 0.05) is 5.69 Å². The van der Waals surface area contributed by atoms with Crippen molar-refractivity contribution in [3.05, 3.63) is 41.0 Å². The molecular weight excluding hydrogens is 320 g/mol. The van der Waals surface area contributed by atoms with Crippen LogP contribution in [0.1, 0.15) is 0 Å². The highest BCUT2D eigenvalue weighted by atomic mass is 35.5. The highest BCUT2D eigenvalue weighted by molar-refractivity contribution is 7.16. The Bertz CT molecular complexity index is 764. The van der Waals surface area contributed by atoms with Crippen molar-refractivity contribution in [1.29, 1.82) is 0 Å². The first-order valence-electron chi connectivity index (χ1n) is 5.84. The summed E-state index contributed by atoms with van der Waals surface area (Å²) in [6.07, 6.45) is 0. The summed E-state index contributed by atoms with van der Waals surface area (Å²) in [5.41, 5.74) is 0.680. The van der Waals surface area contributed by atoms with Crippen molar-refractivity contribution in [2.75, 3.05) is 5.32 Å². The standard InChI is InChI=1S/C13H8ClF2N3OS/c14-12-18-10(9-5-6-21-11(9)19-12)17-7-1-3-8(4-2-7)20-13(15)16/h1-6,13H,(H,17,18,19). The summed E-state index contributed by atoms with van der Waals surface area (Å²) in [6.45, 7) is -2.84. The molecule has 0 saturated heterocycles. The first-order chi connectivity index (χ1) is 10.1. The zero-order valence-electron chi connectivity index (χ0n) is 10.4. The lowest BCUT2D eigenvalue weighted by atomic mass is 10.3. The van der Waals surface area contributed by atoms with E-state index in [1.54, 1.807) is 12.1 Å². The van der Waals surface area contributed by atoms with Gasteiger partial charge in [0.05, 0.1) is 5.39 Å². The fraction of sp³-hybridized carbons (Fsp3) is 0.0769. The van der Waals surface area contributed by atoms with Gasteiger partial charge in [0.2, 0.25) is 5.28 Å². The number of fused-ring (bicyclic) bond motifs is 1. The van der Waals surface area contributed by atoms with E-state index in [1.807, 2.05) is 11.4 Å². The number of benzene rings is 1. The van der Waals surface area contributed by atoms with E-state index in [1.165, 1.54) is 23.5 Å². The molecule has 0 bridgehead atoms. The Labute approximate surface area is 127 Å². The van der Waals surface area contributed by atoms with Crippen LogP contribution in [0.15, 0.2) is 35.7 Å². The van der Waals surface area contributed by atoms with Crippen LogP contribution in [0.3, 0.4) is 0 Å². The van der Waals surface area contributed by atoms with Crippen LogP contribution < -0.4 is 10.1 Å². The molecule has 0 fully saturated rings. The molecule has 0 spiro atoms. The van der Waals surface area contributed by atoms with Crippen LogP contribution in [0.5, 0.6) is 5.75 Å². The molecule has 2 aromatic heterocycles. The monoisotopic (exact) mass is 327 g/mol. The molecular formula is C13H8ClF2N3OS. The van der Waals surface area contributed by atoms with Crippen molar-refractivity contribution in [3.63, 3.8) is 0 Å². The number of aromatic nitrogens is 2. The number of hydrogen-bond acceptors (Lipinski definition) is 5. The van der Waals surface area contributed by atoms with Gasteiger partial charge in [-0.3, -0.25) is 0 Å². The Morgan fingerprint density at radius 1 is 1.14 bits per heavy atom. The maximum atomic E-state index is 12.1. The third-order valence-electron chi connectivity index (χ3n) is 2.64. The largest absolute Gasteiger partial charge is 0.435 e. The number of halogens is 3. The minimum Gasteiger partial charge on any atom is -0.435 e. The van der Waals surface area contributed by atoms with Gasteiger partial charge in [-0.15, -0.1) is 11.3 Å². The van der Waals surface area contributed by atoms with Gasteiger partial charge in [-0.05, 0) is 47.3 Å². The van der Waals surface area contributed by atoms with Crippen LogP contribution in [-0.2, 0) is 0 Å². The summed E-state index contributed by atoms with van der Waals surface area (Å²) >= 11 is 7.33. The molecule has 0 aliphatic rings. The fourth-order valence-electron chi connectivity index (χ4n) is 1.78. The molecule has 0 radical (unpaired) electrons. The highest BCUT2D eigenvalue weighted by Gasteiger charge is 2.09. The predicted octanol–water partition coefficient (Wildman–Crippen LogP) is 4.69. The maximum Gasteiger partial charge on any atom is 0.387 e. The van der Waals surface area contributed by atoms with Crippen molar-refractivity contribution < 1.29 is 13.5 Å². The lowest BCUT2D eigenvalue weighted by molar-refractivity contribution is -0.0498. The molecule has 108 valence electrons. The molecule has 0 amide bonds. The number of anilines is 2. The summed E-state index contributed by atoms with van der Waals surface area (Å²) in [6, 6.07) is 8.01. The smallest absolute Gasteiger partial charge is 0.387 e. The Hall–Kier alpha value is -1.99. The summed E-state index contributed by atoms with van der Waals surface area (Å²) in [4.78, 5) is 9.03. The zero-order chi connectivity index (χ0) is 14.8. The molecule has 1 aromatic carbocycles. The zero-order valence-corrected chi connectivity index (χ0v) is 12.0. The van der Waals surface area contributed by atoms with Gasteiger partial charge >= 0.3 is 6.61 Å². The van der Waals surface area contributed by atoms with Gasteiger partial charge in [0.15, 0.2) is 0 Å². The summed E-state index contributed by atoms with van der Waals surface area (Å²) in [5, 5.41) is 5.96. The molecule has 3 rings (SSSR count). The summed E-state index contributed by atoms with van der Waals surface area (Å²) < 4.78 is 28.5. The maximum absolute atomic E-state index is 12.1. The van der Waals surface area contributed by atoms with E-state index in [2.05, 4.69) is 20.0 Å². The Balaban J connectivity index is 1.86. The van der Waals surface area contributed by atoms with Gasteiger partial charge in [-0.2, -0.15) is 13.8 Å². The Morgan fingerprint density at radius 3 is 2.62 bits per heavy atom. The van der Waals surface area contributed by atoms with Crippen LogP contribution in [0.25, 0.3) is 10.2 Å². The van der Waals surface area contributed by atoms with E-state index in [9.17, 15) is 8.78 Å². The van der Waals surface area contributed by atoms with Crippen molar-refractivity contribution in [3.8, 4) is 5.75 Å². The lowest BCUT2D eigenvalue weighted by Crippen LogP contribution is -2.02. The minimum atomic E-state index is -2.84. The topological polar surface area (TPSA) is 47.0 Å². The Morgan fingerprint density at radius 2 is 1.90 bits per heavy atom. The second-order valence-electron chi connectivity index (χ2n) is 4.01. The first kappa shape index (κ1) is 14.0. The molecule has 21 heavy (non-hydrogen) atoms. The SMILES string of the molecule is FC(F)Oc1ccc(Nc2nc(Cl)nc3sccc23)cc1. The van der Waals surface area contributed by atoms with E-state index < -0.39 is 6.61 Å². The normalized spacial score (nSPS) is 11.0. The molecule has 4 nitrogen and oxygen atoms in total. The molecule has 0 aliphatic carbocycles. The van der Waals surface area contributed by atoms with Crippen molar-refractivity contribution in [2.45, 2.75) is 6.61 Å². The van der Waals surface area contributed by atoms with Crippen LogP contribution >= 0.6 is 22.9 Å².